The molecule has 2 N–H and O–H groups in total. The minimum absolute atomic E-state index is 0.0294. The molecule has 0 saturated carbocycles. The molecule has 5 nitrogen and oxygen atoms in total. The van der Waals surface area contributed by atoms with Gasteiger partial charge in [-0.1, -0.05) is 11.3 Å². The standard InChI is InChI=1S/C12H22N4OS/c1-6-15(5)12-14-10(13)9(18-12)11(17)16(7-2)8(3)4/h8H,6-7,13H2,1-5H3. The van der Waals surface area contributed by atoms with Crippen molar-refractivity contribution in [1.82, 2.24) is 9.88 Å². The number of aromatic nitrogens is 1. The molecule has 0 aliphatic rings. The van der Waals surface area contributed by atoms with Gasteiger partial charge < -0.3 is 15.5 Å². The molecular formula is C12H22N4OS. The average Bonchev–Trinajstić information content (AvgIpc) is 2.70. The van der Waals surface area contributed by atoms with Crippen LogP contribution >= 0.6 is 11.3 Å². The lowest BCUT2D eigenvalue weighted by Crippen LogP contribution is -2.36. The molecule has 1 amide bonds. The van der Waals surface area contributed by atoms with Gasteiger partial charge in [0.25, 0.3) is 5.91 Å². The maximum Gasteiger partial charge on any atom is 0.268 e. The highest BCUT2D eigenvalue weighted by Gasteiger charge is 2.23. The van der Waals surface area contributed by atoms with Crippen molar-refractivity contribution in [2.75, 3.05) is 30.8 Å². The van der Waals surface area contributed by atoms with Crippen LogP contribution in [0.2, 0.25) is 0 Å². The monoisotopic (exact) mass is 270 g/mol. The highest BCUT2D eigenvalue weighted by molar-refractivity contribution is 7.18. The summed E-state index contributed by atoms with van der Waals surface area (Å²) >= 11 is 1.36. The van der Waals surface area contributed by atoms with Gasteiger partial charge in [-0.2, -0.15) is 0 Å². The molecule has 1 aromatic heterocycles. The van der Waals surface area contributed by atoms with E-state index in [0.717, 1.165) is 11.7 Å². The van der Waals surface area contributed by atoms with Crippen molar-refractivity contribution in [3.8, 4) is 0 Å². The summed E-state index contributed by atoms with van der Waals surface area (Å²) in [7, 11) is 1.94. The van der Waals surface area contributed by atoms with Crippen molar-refractivity contribution in [2.24, 2.45) is 0 Å². The minimum Gasteiger partial charge on any atom is -0.382 e. The predicted octanol–water partition coefficient (Wildman–Crippen LogP) is 2.05. The summed E-state index contributed by atoms with van der Waals surface area (Å²) in [5, 5.41) is 0.790. The number of rotatable bonds is 5. The van der Waals surface area contributed by atoms with E-state index in [4.69, 9.17) is 5.73 Å². The molecule has 0 saturated heterocycles. The Bertz CT molecular complexity index is 416. The van der Waals surface area contributed by atoms with E-state index >= 15 is 0 Å². The highest BCUT2D eigenvalue weighted by Crippen LogP contribution is 2.28. The Morgan fingerprint density at radius 3 is 2.44 bits per heavy atom. The maximum absolute atomic E-state index is 12.4. The number of nitrogens with two attached hydrogens (primary N) is 1. The van der Waals surface area contributed by atoms with Crippen molar-refractivity contribution < 1.29 is 4.79 Å². The zero-order valence-electron chi connectivity index (χ0n) is 11.7. The normalized spacial score (nSPS) is 10.8. The van der Waals surface area contributed by atoms with Gasteiger partial charge in [0.15, 0.2) is 5.13 Å². The van der Waals surface area contributed by atoms with E-state index in [1.807, 2.05) is 39.6 Å². The van der Waals surface area contributed by atoms with Gasteiger partial charge in [0.2, 0.25) is 0 Å². The van der Waals surface area contributed by atoms with Crippen LogP contribution in [0.25, 0.3) is 0 Å². The zero-order valence-corrected chi connectivity index (χ0v) is 12.5. The Labute approximate surface area is 113 Å². The van der Waals surface area contributed by atoms with Gasteiger partial charge >= 0.3 is 0 Å². The fourth-order valence-corrected chi connectivity index (χ4v) is 2.61. The van der Waals surface area contributed by atoms with Crippen LogP contribution in [0.3, 0.4) is 0 Å². The molecule has 0 aromatic carbocycles. The van der Waals surface area contributed by atoms with Crippen LogP contribution in [-0.4, -0.2) is 42.0 Å². The predicted molar refractivity (Wildman–Crippen MR) is 77.3 cm³/mol. The summed E-state index contributed by atoms with van der Waals surface area (Å²) < 4.78 is 0. The first kappa shape index (κ1) is 14.8. The van der Waals surface area contributed by atoms with Crippen LogP contribution in [0.15, 0.2) is 0 Å². The highest BCUT2D eigenvalue weighted by atomic mass is 32.1. The Hall–Kier alpha value is -1.30. The summed E-state index contributed by atoms with van der Waals surface area (Å²) in [6, 6.07) is 0.163. The number of hydrogen-bond acceptors (Lipinski definition) is 5. The van der Waals surface area contributed by atoms with E-state index < -0.39 is 0 Å². The molecule has 0 atom stereocenters. The number of nitrogen functional groups attached to an aromatic ring is 1. The summed E-state index contributed by atoms with van der Waals surface area (Å²) in [4.78, 5) is 20.9. The van der Waals surface area contributed by atoms with Gasteiger partial charge in [0.1, 0.15) is 10.7 Å². The number of hydrogen-bond donors (Lipinski definition) is 1. The molecule has 6 heteroatoms. The summed E-state index contributed by atoms with van der Waals surface area (Å²) in [5.41, 5.74) is 5.85. The van der Waals surface area contributed by atoms with Crippen molar-refractivity contribution >= 4 is 28.2 Å². The van der Waals surface area contributed by atoms with Gasteiger partial charge in [-0.15, -0.1) is 0 Å². The van der Waals surface area contributed by atoms with Crippen LogP contribution in [0.5, 0.6) is 0 Å². The molecule has 0 spiro atoms. The van der Waals surface area contributed by atoms with E-state index in [1.165, 1.54) is 11.3 Å². The lowest BCUT2D eigenvalue weighted by molar-refractivity contribution is 0.0722. The van der Waals surface area contributed by atoms with Crippen molar-refractivity contribution in [3.05, 3.63) is 4.88 Å². The maximum atomic E-state index is 12.4. The molecule has 0 radical (unpaired) electrons. The first-order valence-electron chi connectivity index (χ1n) is 6.20. The summed E-state index contributed by atoms with van der Waals surface area (Å²) in [6.07, 6.45) is 0. The van der Waals surface area contributed by atoms with Gasteiger partial charge in [0.05, 0.1) is 0 Å². The van der Waals surface area contributed by atoms with E-state index in [1.54, 1.807) is 4.90 Å². The fourth-order valence-electron chi connectivity index (χ4n) is 1.65. The molecule has 1 rings (SSSR count). The second-order valence-corrected chi connectivity index (χ2v) is 5.39. The third-order valence-electron chi connectivity index (χ3n) is 2.86. The molecule has 102 valence electrons. The van der Waals surface area contributed by atoms with Crippen LogP contribution in [0, 0.1) is 0 Å². The number of amides is 1. The van der Waals surface area contributed by atoms with Crippen molar-refractivity contribution in [1.29, 1.82) is 0 Å². The van der Waals surface area contributed by atoms with E-state index in [-0.39, 0.29) is 11.9 Å². The second kappa shape index (κ2) is 6.04. The number of thiazole rings is 1. The smallest absolute Gasteiger partial charge is 0.268 e. The van der Waals surface area contributed by atoms with Gasteiger partial charge in [-0.05, 0) is 27.7 Å². The van der Waals surface area contributed by atoms with Gasteiger partial charge in [0, 0.05) is 26.2 Å². The molecule has 0 fully saturated rings. The van der Waals surface area contributed by atoms with Crippen LogP contribution in [0.1, 0.15) is 37.4 Å². The lowest BCUT2D eigenvalue weighted by Gasteiger charge is -2.24. The Morgan fingerprint density at radius 1 is 1.39 bits per heavy atom. The summed E-state index contributed by atoms with van der Waals surface area (Å²) in [6.45, 7) is 9.50. The molecule has 18 heavy (non-hydrogen) atoms. The number of anilines is 2. The van der Waals surface area contributed by atoms with Crippen molar-refractivity contribution in [3.63, 3.8) is 0 Å². The van der Waals surface area contributed by atoms with Crippen molar-refractivity contribution in [2.45, 2.75) is 33.7 Å². The number of nitrogens with zero attached hydrogens (tertiary/aromatic N) is 3. The molecule has 0 aliphatic carbocycles. The Kier molecular flexibility index (Phi) is 4.95. The van der Waals surface area contributed by atoms with Gasteiger partial charge in [-0.25, -0.2) is 4.98 Å². The first-order chi connectivity index (χ1) is 8.42. The molecule has 1 heterocycles. The third kappa shape index (κ3) is 2.93. The van der Waals surface area contributed by atoms with Crippen LogP contribution in [0.4, 0.5) is 10.9 Å². The fraction of sp³-hybridized carbons (Fsp3) is 0.667. The van der Waals surface area contributed by atoms with Gasteiger partial charge in [-0.3, -0.25) is 4.79 Å². The van der Waals surface area contributed by atoms with E-state index in [2.05, 4.69) is 4.98 Å². The molecular weight excluding hydrogens is 248 g/mol. The quantitative estimate of drug-likeness (QED) is 0.889. The molecule has 1 aromatic rings. The average molecular weight is 270 g/mol. The second-order valence-electron chi connectivity index (χ2n) is 4.41. The molecule has 0 bridgehead atoms. The van der Waals surface area contributed by atoms with E-state index in [9.17, 15) is 4.79 Å². The lowest BCUT2D eigenvalue weighted by atomic mass is 10.3. The largest absolute Gasteiger partial charge is 0.382 e. The third-order valence-corrected chi connectivity index (χ3v) is 4.04. The number of carbonyl (C=O) groups excluding carboxylic acids is 1. The Balaban J connectivity index is 3.02. The molecule has 0 unspecified atom stereocenters. The summed E-state index contributed by atoms with van der Waals surface area (Å²) in [5.74, 6) is 0.303. The SMILES string of the molecule is CCN(C)c1nc(N)c(C(=O)N(CC)C(C)C)s1. The number of carbonyl (C=O) groups is 1. The topological polar surface area (TPSA) is 62.5 Å². The zero-order chi connectivity index (χ0) is 13.9. The van der Waals surface area contributed by atoms with Crippen LogP contribution < -0.4 is 10.6 Å². The minimum atomic E-state index is -0.0294. The van der Waals surface area contributed by atoms with Crippen LogP contribution in [-0.2, 0) is 0 Å². The first-order valence-corrected chi connectivity index (χ1v) is 7.02. The molecule has 0 aliphatic heterocycles. The Morgan fingerprint density at radius 2 is 2.00 bits per heavy atom. The van der Waals surface area contributed by atoms with E-state index in [0.29, 0.717) is 17.2 Å².